The number of ether oxygens (including phenoxy) is 3. The van der Waals surface area contributed by atoms with Gasteiger partial charge in [0.25, 0.3) is 0 Å². The van der Waals surface area contributed by atoms with Crippen LogP contribution in [0.4, 0.5) is 0 Å². The van der Waals surface area contributed by atoms with Crippen molar-refractivity contribution in [3.8, 4) is 0 Å². The maximum atomic E-state index is 10.9. The van der Waals surface area contributed by atoms with Crippen molar-refractivity contribution in [2.45, 2.75) is 13.2 Å². The predicted molar refractivity (Wildman–Crippen MR) is 41.5 cm³/mol. The number of carbonyl (C=O) groups excluding carboxylic acids is 1. The van der Waals surface area contributed by atoms with Crippen LogP contribution >= 0.6 is 0 Å². The van der Waals surface area contributed by atoms with E-state index in [0.29, 0.717) is 18.8 Å². The fourth-order valence-corrected chi connectivity index (χ4v) is 0.770. The highest BCUT2D eigenvalue weighted by Crippen LogP contribution is 2.04. The van der Waals surface area contributed by atoms with E-state index in [2.05, 4.69) is 6.58 Å². The van der Waals surface area contributed by atoms with Crippen molar-refractivity contribution >= 4 is 5.97 Å². The number of hydrogen-bond donors (Lipinski definition) is 0. The maximum absolute atomic E-state index is 10.9. The molecule has 0 aromatic rings. The fourth-order valence-electron chi connectivity index (χ4n) is 0.770. The Bertz CT molecular complexity index is 181. The zero-order chi connectivity index (χ0) is 8.97. The van der Waals surface area contributed by atoms with E-state index < -0.39 is 12.3 Å². The van der Waals surface area contributed by atoms with Crippen LogP contribution in [0.2, 0.25) is 0 Å². The highest BCUT2D eigenvalue weighted by atomic mass is 16.7. The molecule has 12 heavy (non-hydrogen) atoms. The van der Waals surface area contributed by atoms with Gasteiger partial charge in [-0.1, -0.05) is 6.58 Å². The second kappa shape index (κ2) is 4.23. The van der Waals surface area contributed by atoms with E-state index in [0.717, 1.165) is 0 Å². The summed E-state index contributed by atoms with van der Waals surface area (Å²) in [4.78, 5) is 10.9. The van der Waals surface area contributed by atoms with Crippen LogP contribution in [0, 0.1) is 0 Å². The Morgan fingerprint density at radius 1 is 1.58 bits per heavy atom. The van der Waals surface area contributed by atoms with Gasteiger partial charge in [0, 0.05) is 5.57 Å². The zero-order valence-electron chi connectivity index (χ0n) is 7.04. The summed E-state index contributed by atoms with van der Waals surface area (Å²) < 4.78 is 14.9. The average Bonchev–Trinajstić information content (AvgIpc) is 2.51. The van der Waals surface area contributed by atoms with Gasteiger partial charge in [0.1, 0.15) is 6.61 Å². The minimum atomic E-state index is -0.408. The van der Waals surface area contributed by atoms with E-state index in [1.807, 2.05) is 0 Å². The first-order valence-electron chi connectivity index (χ1n) is 3.76. The smallest absolute Gasteiger partial charge is 0.333 e. The molecule has 0 spiro atoms. The quantitative estimate of drug-likeness (QED) is 0.458. The molecular weight excluding hydrogens is 160 g/mol. The van der Waals surface area contributed by atoms with Gasteiger partial charge >= 0.3 is 5.97 Å². The Labute approximate surface area is 71.1 Å². The molecule has 0 radical (unpaired) electrons. The molecule has 4 nitrogen and oxygen atoms in total. The Hall–Kier alpha value is -0.870. The lowest BCUT2D eigenvalue weighted by Gasteiger charge is -2.08. The topological polar surface area (TPSA) is 44.8 Å². The van der Waals surface area contributed by atoms with Crippen molar-refractivity contribution in [2.24, 2.45) is 0 Å². The van der Waals surface area contributed by atoms with Crippen LogP contribution in [0.5, 0.6) is 0 Å². The molecule has 1 fully saturated rings. The summed E-state index contributed by atoms with van der Waals surface area (Å²) >= 11 is 0. The van der Waals surface area contributed by atoms with E-state index in [1.54, 1.807) is 6.92 Å². The Morgan fingerprint density at radius 2 is 2.17 bits per heavy atom. The summed E-state index contributed by atoms with van der Waals surface area (Å²) in [7, 11) is 0. The fraction of sp³-hybridized carbons (Fsp3) is 0.625. The van der Waals surface area contributed by atoms with Gasteiger partial charge in [-0.05, 0) is 6.92 Å². The molecule has 1 rings (SSSR count). The molecule has 0 bridgehead atoms. The molecule has 4 heteroatoms. The van der Waals surface area contributed by atoms with E-state index in [4.69, 9.17) is 14.2 Å². The van der Waals surface area contributed by atoms with Crippen LogP contribution in [0.3, 0.4) is 0 Å². The molecule has 0 aliphatic carbocycles. The number of hydrogen-bond acceptors (Lipinski definition) is 4. The van der Waals surface area contributed by atoms with Gasteiger partial charge in [0.05, 0.1) is 13.2 Å². The van der Waals surface area contributed by atoms with Crippen LogP contribution in [0.15, 0.2) is 12.2 Å². The SMILES string of the molecule is C=C(C)C(=O)OCC1OCCO1. The average molecular weight is 172 g/mol. The first kappa shape index (κ1) is 9.22. The van der Waals surface area contributed by atoms with Gasteiger partial charge < -0.3 is 14.2 Å². The van der Waals surface area contributed by atoms with Crippen LogP contribution in [0.1, 0.15) is 6.92 Å². The molecule has 68 valence electrons. The third kappa shape index (κ3) is 2.64. The molecule has 1 saturated heterocycles. The number of esters is 1. The lowest BCUT2D eigenvalue weighted by Crippen LogP contribution is -2.19. The van der Waals surface area contributed by atoms with Crippen molar-refractivity contribution in [3.05, 3.63) is 12.2 Å². The molecule has 0 aromatic carbocycles. The molecule has 0 saturated carbocycles. The Morgan fingerprint density at radius 3 is 2.67 bits per heavy atom. The standard InChI is InChI=1S/C8H12O4/c1-6(2)8(9)12-5-7-10-3-4-11-7/h7H,1,3-5H2,2H3. The van der Waals surface area contributed by atoms with Gasteiger partial charge in [0.2, 0.25) is 0 Å². The van der Waals surface area contributed by atoms with Crippen LogP contribution in [-0.2, 0) is 19.0 Å². The second-order valence-corrected chi connectivity index (χ2v) is 2.55. The van der Waals surface area contributed by atoms with Crippen molar-refractivity contribution in [1.29, 1.82) is 0 Å². The minimum absolute atomic E-state index is 0.145. The second-order valence-electron chi connectivity index (χ2n) is 2.55. The first-order valence-corrected chi connectivity index (χ1v) is 3.76. The van der Waals surface area contributed by atoms with Crippen LogP contribution in [0.25, 0.3) is 0 Å². The van der Waals surface area contributed by atoms with Crippen molar-refractivity contribution < 1.29 is 19.0 Å². The highest BCUT2D eigenvalue weighted by Gasteiger charge is 2.17. The van der Waals surface area contributed by atoms with E-state index in [1.165, 1.54) is 0 Å². The number of rotatable bonds is 3. The summed E-state index contributed by atoms with van der Waals surface area (Å²) in [5, 5.41) is 0. The van der Waals surface area contributed by atoms with Crippen LogP contribution < -0.4 is 0 Å². The van der Waals surface area contributed by atoms with Gasteiger partial charge in [-0.15, -0.1) is 0 Å². The molecule has 1 heterocycles. The van der Waals surface area contributed by atoms with Gasteiger partial charge in [-0.25, -0.2) is 4.79 Å². The number of carbonyl (C=O) groups is 1. The maximum Gasteiger partial charge on any atom is 0.333 e. The molecule has 0 amide bonds. The van der Waals surface area contributed by atoms with Crippen molar-refractivity contribution in [3.63, 3.8) is 0 Å². The third-order valence-electron chi connectivity index (χ3n) is 1.39. The van der Waals surface area contributed by atoms with Crippen LogP contribution in [-0.4, -0.2) is 32.1 Å². The molecular formula is C8H12O4. The van der Waals surface area contributed by atoms with E-state index in [-0.39, 0.29) is 6.61 Å². The highest BCUT2D eigenvalue weighted by molar-refractivity contribution is 5.86. The van der Waals surface area contributed by atoms with Gasteiger partial charge in [-0.2, -0.15) is 0 Å². The first-order chi connectivity index (χ1) is 5.70. The molecule has 0 N–H and O–H groups in total. The Kier molecular flexibility index (Phi) is 3.25. The monoisotopic (exact) mass is 172 g/mol. The van der Waals surface area contributed by atoms with Gasteiger partial charge in [-0.3, -0.25) is 0 Å². The molecule has 0 unspecified atom stereocenters. The molecule has 1 aliphatic heterocycles. The third-order valence-corrected chi connectivity index (χ3v) is 1.39. The molecule has 0 aromatic heterocycles. The minimum Gasteiger partial charge on any atom is -0.457 e. The largest absolute Gasteiger partial charge is 0.457 e. The summed E-state index contributed by atoms with van der Waals surface area (Å²) in [6, 6.07) is 0. The summed E-state index contributed by atoms with van der Waals surface area (Å²) in [5.41, 5.74) is 0.382. The predicted octanol–water partition coefficient (Wildman–Crippen LogP) is 0.479. The van der Waals surface area contributed by atoms with E-state index >= 15 is 0 Å². The summed E-state index contributed by atoms with van der Waals surface area (Å²) in [6.07, 6.45) is -0.395. The Balaban J connectivity index is 2.16. The summed E-state index contributed by atoms with van der Waals surface area (Å²) in [6.45, 7) is 6.31. The van der Waals surface area contributed by atoms with Crippen molar-refractivity contribution in [1.82, 2.24) is 0 Å². The summed E-state index contributed by atoms with van der Waals surface area (Å²) in [5.74, 6) is -0.408. The van der Waals surface area contributed by atoms with E-state index in [9.17, 15) is 4.79 Å². The van der Waals surface area contributed by atoms with Gasteiger partial charge in [0.15, 0.2) is 6.29 Å². The molecule has 1 aliphatic rings. The molecule has 0 atom stereocenters. The zero-order valence-corrected chi connectivity index (χ0v) is 7.04. The lowest BCUT2D eigenvalue weighted by atomic mass is 10.4. The van der Waals surface area contributed by atoms with Crippen molar-refractivity contribution in [2.75, 3.05) is 19.8 Å². The normalized spacial score (nSPS) is 17.8. The lowest BCUT2D eigenvalue weighted by molar-refractivity contribution is -0.151.